The molecule has 14 heavy (non-hydrogen) atoms. The van der Waals surface area contributed by atoms with E-state index in [0.29, 0.717) is 6.61 Å². The molecule has 0 aromatic rings. The molecular weight excluding hydrogens is 180 g/mol. The molecule has 3 nitrogen and oxygen atoms in total. The SMILES string of the molecule is CC1=CCC[C@@]2(C)COC(=O)C[C@@]12O. The van der Waals surface area contributed by atoms with E-state index in [1.807, 2.05) is 19.9 Å². The van der Waals surface area contributed by atoms with Gasteiger partial charge in [0.25, 0.3) is 0 Å². The second kappa shape index (κ2) is 2.83. The maximum absolute atomic E-state index is 11.2. The molecule has 0 aromatic carbocycles. The van der Waals surface area contributed by atoms with Crippen molar-refractivity contribution in [2.24, 2.45) is 5.41 Å². The fourth-order valence-electron chi connectivity index (χ4n) is 2.50. The lowest BCUT2D eigenvalue weighted by molar-refractivity contribution is -0.182. The Hall–Kier alpha value is -0.830. The molecule has 1 heterocycles. The summed E-state index contributed by atoms with van der Waals surface area (Å²) in [6.07, 6.45) is 3.97. The Morgan fingerprint density at radius 2 is 2.29 bits per heavy atom. The molecule has 2 rings (SSSR count). The van der Waals surface area contributed by atoms with Crippen LogP contribution in [-0.4, -0.2) is 23.3 Å². The fourth-order valence-corrected chi connectivity index (χ4v) is 2.50. The lowest BCUT2D eigenvalue weighted by Crippen LogP contribution is -2.56. The fraction of sp³-hybridized carbons (Fsp3) is 0.727. The second-order valence-electron chi connectivity index (χ2n) is 4.68. The van der Waals surface area contributed by atoms with E-state index in [2.05, 4.69) is 0 Å². The van der Waals surface area contributed by atoms with Gasteiger partial charge in [-0.3, -0.25) is 4.79 Å². The predicted octanol–water partition coefficient (Wildman–Crippen LogP) is 1.41. The zero-order valence-electron chi connectivity index (χ0n) is 8.67. The number of carbonyl (C=O) groups is 1. The molecule has 3 heteroatoms. The molecule has 2 atom stereocenters. The summed E-state index contributed by atoms with van der Waals surface area (Å²) in [4.78, 5) is 11.2. The maximum atomic E-state index is 11.2. The van der Waals surface area contributed by atoms with E-state index in [0.717, 1.165) is 18.4 Å². The monoisotopic (exact) mass is 196 g/mol. The Morgan fingerprint density at radius 3 is 3.00 bits per heavy atom. The average Bonchev–Trinajstić information content (AvgIpc) is 2.11. The van der Waals surface area contributed by atoms with Crippen molar-refractivity contribution in [1.29, 1.82) is 0 Å². The van der Waals surface area contributed by atoms with E-state index < -0.39 is 5.60 Å². The highest BCUT2D eigenvalue weighted by atomic mass is 16.5. The van der Waals surface area contributed by atoms with Crippen molar-refractivity contribution in [2.75, 3.05) is 6.61 Å². The van der Waals surface area contributed by atoms with Gasteiger partial charge in [0.05, 0.1) is 13.0 Å². The predicted molar refractivity (Wildman–Crippen MR) is 51.6 cm³/mol. The van der Waals surface area contributed by atoms with Crippen LogP contribution in [0.1, 0.15) is 33.1 Å². The number of rotatable bonds is 0. The quantitative estimate of drug-likeness (QED) is 0.470. The topological polar surface area (TPSA) is 46.5 Å². The van der Waals surface area contributed by atoms with Crippen LogP contribution in [0.5, 0.6) is 0 Å². The molecule has 1 fully saturated rings. The zero-order chi connectivity index (χ0) is 10.4. The van der Waals surface area contributed by atoms with E-state index >= 15 is 0 Å². The molecule has 1 aliphatic carbocycles. The number of hydrogen-bond acceptors (Lipinski definition) is 3. The molecular formula is C11H16O3. The normalized spacial score (nSPS) is 42.5. The van der Waals surface area contributed by atoms with Crippen LogP contribution in [-0.2, 0) is 9.53 Å². The molecule has 0 radical (unpaired) electrons. The summed E-state index contributed by atoms with van der Waals surface area (Å²) in [5.41, 5.74) is -0.344. The van der Waals surface area contributed by atoms with Crippen molar-refractivity contribution in [3.05, 3.63) is 11.6 Å². The smallest absolute Gasteiger partial charge is 0.309 e. The van der Waals surface area contributed by atoms with Gasteiger partial charge in [0, 0.05) is 5.41 Å². The number of hydrogen-bond donors (Lipinski definition) is 1. The minimum Gasteiger partial charge on any atom is -0.465 e. The number of esters is 1. The third-order valence-electron chi connectivity index (χ3n) is 3.75. The summed E-state index contributed by atoms with van der Waals surface area (Å²) in [7, 11) is 0. The first kappa shape index (κ1) is 9.71. The van der Waals surface area contributed by atoms with Crippen LogP contribution in [0.15, 0.2) is 11.6 Å². The standard InChI is InChI=1S/C11H16O3/c1-8-4-3-5-10(2)7-14-9(12)6-11(8,10)13/h4,13H,3,5-7H2,1-2H3/t10-,11+/m0/s1. The number of carbonyl (C=O) groups excluding carboxylic acids is 1. The van der Waals surface area contributed by atoms with Crippen LogP contribution in [0, 0.1) is 5.41 Å². The molecule has 2 aliphatic rings. The molecule has 0 aromatic heterocycles. The highest BCUT2D eigenvalue weighted by Gasteiger charge is 2.54. The Balaban J connectivity index is 2.41. The largest absolute Gasteiger partial charge is 0.465 e. The van der Waals surface area contributed by atoms with Gasteiger partial charge in [-0.25, -0.2) is 0 Å². The van der Waals surface area contributed by atoms with Crippen molar-refractivity contribution < 1.29 is 14.6 Å². The molecule has 0 spiro atoms. The molecule has 1 N–H and O–H groups in total. The summed E-state index contributed by atoms with van der Waals surface area (Å²) in [5.74, 6) is -0.292. The second-order valence-corrected chi connectivity index (χ2v) is 4.68. The molecule has 0 saturated carbocycles. The van der Waals surface area contributed by atoms with Crippen molar-refractivity contribution in [2.45, 2.75) is 38.7 Å². The lowest BCUT2D eigenvalue weighted by atomic mass is 9.62. The van der Waals surface area contributed by atoms with Gasteiger partial charge in [0.2, 0.25) is 0 Å². The van der Waals surface area contributed by atoms with Gasteiger partial charge >= 0.3 is 5.97 Å². The number of fused-ring (bicyclic) bond motifs is 1. The van der Waals surface area contributed by atoms with Gasteiger partial charge in [-0.15, -0.1) is 0 Å². The Morgan fingerprint density at radius 1 is 1.57 bits per heavy atom. The first-order valence-electron chi connectivity index (χ1n) is 5.03. The van der Waals surface area contributed by atoms with Crippen LogP contribution in [0.25, 0.3) is 0 Å². The highest BCUT2D eigenvalue weighted by molar-refractivity contribution is 5.73. The molecule has 0 amide bonds. The first-order chi connectivity index (χ1) is 6.48. The van der Waals surface area contributed by atoms with E-state index in [1.165, 1.54) is 0 Å². The number of allylic oxidation sites excluding steroid dienone is 1. The Labute approximate surface area is 83.8 Å². The first-order valence-corrected chi connectivity index (χ1v) is 5.03. The summed E-state index contributed by atoms with van der Waals surface area (Å²) in [6.45, 7) is 4.24. The van der Waals surface area contributed by atoms with Crippen molar-refractivity contribution in [1.82, 2.24) is 0 Å². The average molecular weight is 196 g/mol. The third kappa shape index (κ3) is 1.12. The molecule has 0 bridgehead atoms. The summed E-state index contributed by atoms with van der Waals surface area (Å²) in [6, 6.07) is 0. The minimum absolute atomic E-state index is 0.103. The summed E-state index contributed by atoms with van der Waals surface area (Å²) >= 11 is 0. The molecule has 1 saturated heterocycles. The van der Waals surface area contributed by atoms with E-state index in [-0.39, 0.29) is 17.8 Å². The lowest BCUT2D eigenvalue weighted by Gasteiger charge is -2.50. The summed E-state index contributed by atoms with van der Waals surface area (Å²) in [5, 5.41) is 10.5. The van der Waals surface area contributed by atoms with Crippen molar-refractivity contribution >= 4 is 5.97 Å². The van der Waals surface area contributed by atoms with Crippen LogP contribution < -0.4 is 0 Å². The Kier molecular flexibility index (Phi) is 1.96. The molecule has 1 aliphatic heterocycles. The Bertz CT molecular complexity index is 308. The number of ether oxygens (including phenoxy) is 1. The summed E-state index contributed by atoms with van der Waals surface area (Å²) < 4.78 is 5.04. The van der Waals surface area contributed by atoms with Gasteiger partial charge in [-0.05, 0) is 25.3 Å². The van der Waals surface area contributed by atoms with E-state index in [1.54, 1.807) is 0 Å². The van der Waals surface area contributed by atoms with Crippen LogP contribution in [0.3, 0.4) is 0 Å². The van der Waals surface area contributed by atoms with Gasteiger partial charge in [0.15, 0.2) is 0 Å². The van der Waals surface area contributed by atoms with Crippen molar-refractivity contribution in [3.8, 4) is 0 Å². The number of aliphatic hydroxyl groups is 1. The van der Waals surface area contributed by atoms with Gasteiger partial charge < -0.3 is 9.84 Å². The van der Waals surface area contributed by atoms with E-state index in [9.17, 15) is 9.90 Å². The maximum Gasteiger partial charge on any atom is 0.309 e. The number of cyclic esters (lactones) is 1. The van der Waals surface area contributed by atoms with Crippen LogP contribution >= 0.6 is 0 Å². The third-order valence-corrected chi connectivity index (χ3v) is 3.75. The van der Waals surface area contributed by atoms with E-state index in [4.69, 9.17) is 4.74 Å². The van der Waals surface area contributed by atoms with Crippen molar-refractivity contribution in [3.63, 3.8) is 0 Å². The van der Waals surface area contributed by atoms with Gasteiger partial charge in [0.1, 0.15) is 5.60 Å². The van der Waals surface area contributed by atoms with Gasteiger partial charge in [-0.1, -0.05) is 13.0 Å². The van der Waals surface area contributed by atoms with Gasteiger partial charge in [-0.2, -0.15) is 0 Å². The zero-order valence-corrected chi connectivity index (χ0v) is 8.67. The molecule has 78 valence electrons. The molecule has 0 unspecified atom stereocenters. The highest BCUT2D eigenvalue weighted by Crippen LogP contribution is 2.49. The minimum atomic E-state index is -0.972. The van der Waals surface area contributed by atoms with Crippen LogP contribution in [0.4, 0.5) is 0 Å². The van der Waals surface area contributed by atoms with Crippen LogP contribution in [0.2, 0.25) is 0 Å².